The summed E-state index contributed by atoms with van der Waals surface area (Å²) in [5.41, 5.74) is 2.57. The standard InChI is InChI=1S/C18H24N4O3/c1-14-3-4-15(17-19-6-10-25-17)13-16(14)21-18(23)20-5-2-7-22-8-11-24-12-9-22/h3-4,6,10,13H,2,5,7-9,11-12H2,1H3,(H2,20,21,23). The number of oxazole rings is 1. The zero-order chi connectivity index (χ0) is 17.5. The van der Waals surface area contributed by atoms with Crippen molar-refractivity contribution in [1.82, 2.24) is 15.2 Å². The van der Waals surface area contributed by atoms with Crippen LogP contribution in [0.4, 0.5) is 10.5 Å². The van der Waals surface area contributed by atoms with Crippen LogP contribution in [0.15, 0.2) is 35.1 Å². The molecule has 3 rings (SSSR count). The Morgan fingerprint density at radius 1 is 1.32 bits per heavy atom. The lowest BCUT2D eigenvalue weighted by Crippen LogP contribution is -2.38. The Balaban J connectivity index is 1.46. The summed E-state index contributed by atoms with van der Waals surface area (Å²) in [5.74, 6) is 0.536. The monoisotopic (exact) mass is 344 g/mol. The number of amides is 2. The van der Waals surface area contributed by atoms with Crippen LogP contribution in [0.2, 0.25) is 0 Å². The Morgan fingerprint density at radius 3 is 2.92 bits per heavy atom. The van der Waals surface area contributed by atoms with Crippen LogP contribution < -0.4 is 10.6 Å². The summed E-state index contributed by atoms with van der Waals surface area (Å²) in [6.07, 6.45) is 4.05. The summed E-state index contributed by atoms with van der Waals surface area (Å²) >= 11 is 0. The third-order valence-electron chi connectivity index (χ3n) is 4.21. The van der Waals surface area contributed by atoms with Gasteiger partial charge in [-0.3, -0.25) is 4.90 Å². The van der Waals surface area contributed by atoms with Crippen LogP contribution in [0.3, 0.4) is 0 Å². The minimum atomic E-state index is -0.199. The average molecular weight is 344 g/mol. The normalized spacial score (nSPS) is 15.1. The van der Waals surface area contributed by atoms with Crippen molar-refractivity contribution in [2.45, 2.75) is 13.3 Å². The number of hydrogen-bond acceptors (Lipinski definition) is 5. The number of nitrogens with zero attached hydrogens (tertiary/aromatic N) is 2. The van der Waals surface area contributed by atoms with Crippen molar-refractivity contribution >= 4 is 11.7 Å². The highest BCUT2D eigenvalue weighted by Gasteiger charge is 2.11. The highest BCUT2D eigenvalue weighted by molar-refractivity contribution is 5.90. The van der Waals surface area contributed by atoms with Crippen LogP contribution in [-0.2, 0) is 4.74 Å². The molecule has 2 amide bonds. The Bertz CT molecular complexity index is 682. The van der Waals surface area contributed by atoms with E-state index in [0.717, 1.165) is 56.1 Å². The third-order valence-corrected chi connectivity index (χ3v) is 4.21. The number of rotatable bonds is 6. The van der Waals surface area contributed by atoms with Gasteiger partial charge in [-0.1, -0.05) is 6.07 Å². The molecule has 1 saturated heterocycles. The minimum Gasteiger partial charge on any atom is -0.445 e. The van der Waals surface area contributed by atoms with Gasteiger partial charge in [-0.15, -0.1) is 0 Å². The van der Waals surface area contributed by atoms with Gasteiger partial charge < -0.3 is 19.8 Å². The third kappa shape index (κ3) is 5.04. The molecule has 2 aromatic rings. The Hall–Kier alpha value is -2.38. The molecule has 134 valence electrons. The summed E-state index contributed by atoms with van der Waals surface area (Å²) in [5, 5.41) is 5.80. The molecule has 0 unspecified atom stereocenters. The molecule has 1 aromatic heterocycles. The molecule has 1 aromatic carbocycles. The Labute approximate surface area is 147 Å². The van der Waals surface area contributed by atoms with Crippen molar-refractivity contribution in [2.24, 2.45) is 0 Å². The quantitative estimate of drug-likeness (QED) is 0.787. The van der Waals surface area contributed by atoms with Gasteiger partial charge in [0.15, 0.2) is 0 Å². The molecule has 0 spiro atoms. The molecular formula is C18H24N4O3. The summed E-state index contributed by atoms with van der Waals surface area (Å²) in [6.45, 7) is 7.11. The first kappa shape index (κ1) is 17.4. The van der Waals surface area contributed by atoms with Crippen LogP contribution in [0.1, 0.15) is 12.0 Å². The van der Waals surface area contributed by atoms with E-state index in [1.54, 1.807) is 6.20 Å². The highest BCUT2D eigenvalue weighted by atomic mass is 16.5. The van der Waals surface area contributed by atoms with E-state index in [4.69, 9.17) is 9.15 Å². The van der Waals surface area contributed by atoms with Crippen molar-refractivity contribution in [3.8, 4) is 11.5 Å². The smallest absolute Gasteiger partial charge is 0.319 e. The minimum absolute atomic E-state index is 0.199. The summed E-state index contributed by atoms with van der Waals surface area (Å²) in [6, 6.07) is 5.53. The van der Waals surface area contributed by atoms with Crippen molar-refractivity contribution < 1.29 is 13.9 Å². The lowest BCUT2D eigenvalue weighted by molar-refractivity contribution is 0.0375. The van der Waals surface area contributed by atoms with Gasteiger partial charge in [0.05, 0.1) is 19.4 Å². The molecule has 2 N–H and O–H groups in total. The topological polar surface area (TPSA) is 79.6 Å². The summed E-state index contributed by atoms with van der Waals surface area (Å²) in [4.78, 5) is 18.6. The van der Waals surface area contributed by atoms with E-state index >= 15 is 0 Å². The van der Waals surface area contributed by atoms with Gasteiger partial charge in [-0.05, 0) is 37.6 Å². The number of urea groups is 1. The van der Waals surface area contributed by atoms with Gasteiger partial charge in [0.25, 0.3) is 0 Å². The summed E-state index contributed by atoms with van der Waals surface area (Å²) in [7, 11) is 0. The van der Waals surface area contributed by atoms with Crippen molar-refractivity contribution in [3.63, 3.8) is 0 Å². The number of morpholine rings is 1. The molecule has 1 aliphatic rings. The molecule has 0 atom stereocenters. The van der Waals surface area contributed by atoms with Gasteiger partial charge in [0.1, 0.15) is 6.26 Å². The van der Waals surface area contributed by atoms with E-state index in [-0.39, 0.29) is 6.03 Å². The zero-order valence-corrected chi connectivity index (χ0v) is 14.5. The number of ether oxygens (including phenoxy) is 1. The number of anilines is 1. The number of carbonyl (C=O) groups excluding carboxylic acids is 1. The highest BCUT2D eigenvalue weighted by Crippen LogP contribution is 2.24. The first-order chi connectivity index (χ1) is 12.2. The molecule has 1 fully saturated rings. The lowest BCUT2D eigenvalue weighted by atomic mass is 10.1. The van der Waals surface area contributed by atoms with Crippen molar-refractivity contribution in [3.05, 3.63) is 36.2 Å². The molecule has 25 heavy (non-hydrogen) atoms. The predicted molar refractivity (Wildman–Crippen MR) is 95.6 cm³/mol. The molecule has 2 heterocycles. The second-order valence-electron chi connectivity index (χ2n) is 6.06. The number of benzene rings is 1. The second kappa shape index (κ2) is 8.64. The SMILES string of the molecule is Cc1ccc(-c2ncco2)cc1NC(=O)NCCCN1CCOCC1. The maximum absolute atomic E-state index is 12.1. The van der Waals surface area contributed by atoms with E-state index in [2.05, 4.69) is 20.5 Å². The molecule has 0 saturated carbocycles. The fourth-order valence-corrected chi connectivity index (χ4v) is 2.75. The Kier molecular flexibility index (Phi) is 6.03. The van der Waals surface area contributed by atoms with Crippen LogP contribution in [0.25, 0.3) is 11.5 Å². The first-order valence-corrected chi connectivity index (χ1v) is 8.58. The number of hydrogen-bond donors (Lipinski definition) is 2. The maximum atomic E-state index is 12.1. The molecule has 0 radical (unpaired) electrons. The van der Waals surface area contributed by atoms with E-state index in [9.17, 15) is 4.79 Å². The summed E-state index contributed by atoms with van der Waals surface area (Å²) < 4.78 is 10.6. The van der Waals surface area contributed by atoms with Crippen LogP contribution in [0, 0.1) is 6.92 Å². The van der Waals surface area contributed by atoms with E-state index in [0.29, 0.717) is 12.4 Å². The predicted octanol–water partition coefficient (Wildman–Crippen LogP) is 2.49. The molecule has 0 bridgehead atoms. The van der Waals surface area contributed by atoms with Gasteiger partial charge >= 0.3 is 6.03 Å². The molecule has 7 heteroatoms. The number of nitrogens with one attached hydrogen (secondary N) is 2. The van der Waals surface area contributed by atoms with Crippen LogP contribution in [0.5, 0.6) is 0 Å². The number of aryl methyl sites for hydroxylation is 1. The lowest BCUT2D eigenvalue weighted by Gasteiger charge is -2.26. The fraction of sp³-hybridized carbons (Fsp3) is 0.444. The fourth-order valence-electron chi connectivity index (χ4n) is 2.75. The van der Waals surface area contributed by atoms with Crippen molar-refractivity contribution in [1.29, 1.82) is 0 Å². The number of carbonyl (C=O) groups is 1. The number of aromatic nitrogens is 1. The largest absolute Gasteiger partial charge is 0.445 e. The van der Waals surface area contributed by atoms with Crippen LogP contribution >= 0.6 is 0 Å². The molecular weight excluding hydrogens is 320 g/mol. The van der Waals surface area contributed by atoms with Gasteiger partial charge in [0.2, 0.25) is 5.89 Å². The van der Waals surface area contributed by atoms with Crippen molar-refractivity contribution in [2.75, 3.05) is 44.7 Å². The van der Waals surface area contributed by atoms with Gasteiger partial charge in [-0.2, -0.15) is 0 Å². The Morgan fingerprint density at radius 2 is 2.16 bits per heavy atom. The van der Waals surface area contributed by atoms with E-state index < -0.39 is 0 Å². The second-order valence-corrected chi connectivity index (χ2v) is 6.06. The van der Waals surface area contributed by atoms with Gasteiger partial charge in [-0.25, -0.2) is 9.78 Å². The molecule has 0 aliphatic carbocycles. The molecule has 7 nitrogen and oxygen atoms in total. The zero-order valence-electron chi connectivity index (χ0n) is 14.5. The van der Waals surface area contributed by atoms with E-state index in [1.165, 1.54) is 6.26 Å². The maximum Gasteiger partial charge on any atom is 0.319 e. The average Bonchev–Trinajstić information content (AvgIpc) is 3.16. The van der Waals surface area contributed by atoms with E-state index in [1.807, 2.05) is 25.1 Å². The first-order valence-electron chi connectivity index (χ1n) is 8.58. The van der Waals surface area contributed by atoms with Gasteiger partial charge in [0, 0.05) is 30.9 Å². The molecule has 1 aliphatic heterocycles. The van der Waals surface area contributed by atoms with Crippen LogP contribution in [-0.4, -0.2) is 55.3 Å².